The molecule has 3 aliphatic rings. The number of benzene rings is 1. The van der Waals surface area contributed by atoms with Gasteiger partial charge in [-0.25, -0.2) is 0 Å². The largest absolute Gasteiger partial charge is 0.497 e. The van der Waals surface area contributed by atoms with Crippen LogP contribution in [0, 0.1) is 11.8 Å². The molecule has 5 heteroatoms. The molecule has 5 nitrogen and oxygen atoms in total. The van der Waals surface area contributed by atoms with Gasteiger partial charge in [0.25, 0.3) is 0 Å². The molecule has 0 aliphatic carbocycles. The maximum Gasteiger partial charge on any atom is 0.119 e. The van der Waals surface area contributed by atoms with Gasteiger partial charge in [-0.15, -0.1) is 0 Å². The molecule has 2 unspecified atom stereocenters. The van der Waals surface area contributed by atoms with Crippen LogP contribution in [0.5, 0.6) is 5.75 Å². The van der Waals surface area contributed by atoms with E-state index in [-0.39, 0.29) is 12.1 Å². The molecule has 0 spiro atoms. The van der Waals surface area contributed by atoms with Gasteiger partial charge in [-0.1, -0.05) is 0 Å². The molecule has 5 rings (SSSR count). The third kappa shape index (κ3) is 2.90. The quantitative estimate of drug-likeness (QED) is 0.893. The number of piperidine rings is 3. The summed E-state index contributed by atoms with van der Waals surface area (Å²) in [5.74, 6) is 1.59. The predicted molar refractivity (Wildman–Crippen MR) is 96.5 cm³/mol. The highest BCUT2D eigenvalue weighted by Gasteiger charge is 2.44. The van der Waals surface area contributed by atoms with Crippen LogP contribution in [0.25, 0.3) is 10.9 Å². The van der Waals surface area contributed by atoms with E-state index in [2.05, 4.69) is 9.88 Å². The van der Waals surface area contributed by atoms with Crippen molar-refractivity contribution in [1.82, 2.24) is 9.88 Å². The molecule has 3 aliphatic heterocycles. The lowest BCUT2D eigenvalue weighted by Gasteiger charge is -2.52. The van der Waals surface area contributed by atoms with Crippen LogP contribution in [0.3, 0.4) is 0 Å². The Hall–Kier alpha value is -1.69. The molecule has 0 saturated carbocycles. The Morgan fingerprint density at radius 2 is 2.12 bits per heavy atom. The summed E-state index contributed by atoms with van der Waals surface area (Å²) in [5.41, 5.74) is 1.78. The van der Waals surface area contributed by atoms with E-state index in [1.165, 1.54) is 0 Å². The molecule has 1 aromatic carbocycles. The summed E-state index contributed by atoms with van der Waals surface area (Å²) in [4.78, 5) is 6.77. The number of rotatable bonds is 4. The van der Waals surface area contributed by atoms with E-state index in [0.717, 1.165) is 48.1 Å². The molecule has 6 atom stereocenters. The van der Waals surface area contributed by atoms with Gasteiger partial charge < -0.3 is 14.9 Å². The fourth-order valence-corrected chi connectivity index (χ4v) is 4.72. The maximum atomic E-state index is 11.2. The first-order valence-electron chi connectivity index (χ1n) is 9.11. The average molecular weight is 342 g/mol. The van der Waals surface area contributed by atoms with Crippen LogP contribution in [0.15, 0.2) is 30.5 Å². The molecule has 3 fully saturated rings. The molecule has 0 amide bonds. The summed E-state index contributed by atoms with van der Waals surface area (Å²) >= 11 is 0. The zero-order valence-electron chi connectivity index (χ0n) is 14.8. The van der Waals surface area contributed by atoms with Gasteiger partial charge in [0.1, 0.15) is 5.75 Å². The van der Waals surface area contributed by atoms with Crippen molar-refractivity contribution in [3.05, 3.63) is 36.0 Å². The molecular formula is C20H26N2O3. The lowest BCUT2D eigenvalue weighted by Crippen LogP contribution is -2.57. The first-order chi connectivity index (χ1) is 12.1. The fourth-order valence-electron chi connectivity index (χ4n) is 4.72. The fraction of sp³-hybridized carbons (Fsp3) is 0.550. The van der Waals surface area contributed by atoms with Gasteiger partial charge in [0.05, 0.1) is 24.8 Å². The molecular weight excluding hydrogens is 316 g/mol. The van der Waals surface area contributed by atoms with Crippen molar-refractivity contribution in [2.75, 3.05) is 20.2 Å². The number of nitrogens with zero attached hydrogens (tertiary/aromatic N) is 2. The second-order valence-electron chi connectivity index (χ2n) is 7.48. The van der Waals surface area contributed by atoms with Crippen molar-refractivity contribution in [3.8, 4) is 5.75 Å². The number of aromatic nitrogens is 1. The Kier molecular flexibility index (Phi) is 4.40. The Labute approximate surface area is 148 Å². The minimum absolute atomic E-state index is 0.102. The van der Waals surface area contributed by atoms with E-state index in [4.69, 9.17) is 4.74 Å². The van der Waals surface area contributed by atoms with Crippen LogP contribution in [-0.4, -0.2) is 52.4 Å². The molecule has 3 saturated heterocycles. The van der Waals surface area contributed by atoms with Crippen molar-refractivity contribution in [2.24, 2.45) is 11.8 Å². The summed E-state index contributed by atoms with van der Waals surface area (Å²) in [7, 11) is 1.65. The molecule has 25 heavy (non-hydrogen) atoms. The lowest BCUT2D eigenvalue weighted by atomic mass is 9.72. The maximum absolute atomic E-state index is 11.2. The third-order valence-electron chi connectivity index (χ3n) is 6.14. The summed E-state index contributed by atoms with van der Waals surface area (Å²) in [6.45, 7) is 3.76. The summed E-state index contributed by atoms with van der Waals surface area (Å²) < 4.78 is 5.34. The lowest BCUT2D eigenvalue weighted by molar-refractivity contribution is -0.0844. The minimum Gasteiger partial charge on any atom is -0.497 e. The first-order valence-corrected chi connectivity index (χ1v) is 9.11. The number of aliphatic hydroxyl groups is 2. The Balaban J connectivity index is 1.66. The first kappa shape index (κ1) is 16.8. The second kappa shape index (κ2) is 6.56. The SMILES string of the molecule is COc1ccc2nccc(C(O)[C@H]3C[C@@H]4CCN3C[C@@H]4[C@@H](C)O)c2c1. The van der Waals surface area contributed by atoms with Gasteiger partial charge in [-0.2, -0.15) is 0 Å². The van der Waals surface area contributed by atoms with Crippen molar-refractivity contribution in [1.29, 1.82) is 0 Å². The van der Waals surface area contributed by atoms with Gasteiger partial charge in [0.15, 0.2) is 0 Å². The second-order valence-corrected chi connectivity index (χ2v) is 7.48. The van der Waals surface area contributed by atoms with Gasteiger partial charge in [-0.3, -0.25) is 9.88 Å². The zero-order valence-corrected chi connectivity index (χ0v) is 14.8. The van der Waals surface area contributed by atoms with Crippen molar-refractivity contribution < 1.29 is 14.9 Å². The molecule has 2 aromatic rings. The molecule has 2 bridgehead atoms. The van der Waals surface area contributed by atoms with E-state index in [1.54, 1.807) is 13.3 Å². The third-order valence-corrected chi connectivity index (χ3v) is 6.14. The van der Waals surface area contributed by atoms with Crippen molar-refractivity contribution in [2.45, 2.75) is 38.0 Å². The topological polar surface area (TPSA) is 65.8 Å². The van der Waals surface area contributed by atoms with Crippen LogP contribution in [0.4, 0.5) is 0 Å². The van der Waals surface area contributed by atoms with E-state index in [1.807, 2.05) is 31.2 Å². The van der Waals surface area contributed by atoms with Crippen molar-refractivity contribution >= 4 is 10.9 Å². The Morgan fingerprint density at radius 1 is 1.28 bits per heavy atom. The Bertz CT molecular complexity index is 764. The van der Waals surface area contributed by atoms with Gasteiger partial charge in [0.2, 0.25) is 0 Å². The normalized spacial score (nSPS) is 31.0. The van der Waals surface area contributed by atoms with Gasteiger partial charge in [-0.05, 0) is 62.1 Å². The van der Waals surface area contributed by atoms with Crippen LogP contribution < -0.4 is 4.74 Å². The highest BCUT2D eigenvalue weighted by Crippen LogP contribution is 2.42. The van der Waals surface area contributed by atoms with Gasteiger partial charge >= 0.3 is 0 Å². The number of hydrogen-bond donors (Lipinski definition) is 2. The summed E-state index contributed by atoms with van der Waals surface area (Å²) in [6.07, 6.45) is 2.98. The zero-order chi connectivity index (χ0) is 17.6. The average Bonchev–Trinajstić information content (AvgIpc) is 2.66. The minimum atomic E-state index is -0.560. The summed E-state index contributed by atoms with van der Waals surface area (Å²) in [5, 5.41) is 22.2. The number of aliphatic hydroxyl groups excluding tert-OH is 2. The van der Waals surface area contributed by atoms with E-state index < -0.39 is 6.10 Å². The smallest absolute Gasteiger partial charge is 0.119 e. The molecule has 4 heterocycles. The molecule has 0 radical (unpaired) electrons. The van der Waals surface area contributed by atoms with E-state index >= 15 is 0 Å². The van der Waals surface area contributed by atoms with Crippen LogP contribution in [0.1, 0.15) is 31.4 Å². The number of hydrogen-bond acceptors (Lipinski definition) is 5. The highest BCUT2D eigenvalue weighted by molar-refractivity contribution is 5.83. The highest BCUT2D eigenvalue weighted by atomic mass is 16.5. The summed E-state index contributed by atoms with van der Waals surface area (Å²) in [6, 6.07) is 7.80. The monoisotopic (exact) mass is 342 g/mol. The van der Waals surface area contributed by atoms with Crippen LogP contribution in [0.2, 0.25) is 0 Å². The van der Waals surface area contributed by atoms with Gasteiger partial charge in [0, 0.05) is 30.1 Å². The molecule has 1 aromatic heterocycles. The van der Waals surface area contributed by atoms with Crippen LogP contribution >= 0.6 is 0 Å². The number of pyridine rings is 1. The number of methoxy groups -OCH3 is 1. The molecule has 2 N–H and O–H groups in total. The number of fused-ring (bicyclic) bond motifs is 4. The molecule has 134 valence electrons. The van der Waals surface area contributed by atoms with E-state index in [0.29, 0.717) is 11.8 Å². The van der Waals surface area contributed by atoms with Crippen LogP contribution in [-0.2, 0) is 0 Å². The predicted octanol–water partition coefficient (Wildman–Crippen LogP) is 2.37. The Morgan fingerprint density at radius 3 is 2.80 bits per heavy atom. The van der Waals surface area contributed by atoms with E-state index in [9.17, 15) is 10.2 Å². The number of ether oxygens (including phenoxy) is 1. The van der Waals surface area contributed by atoms with Crippen molar-refractivity contribution in [3.63, 3.8) is 0 Å². The standard InChI is InChI=1S/C20H26N2O3/c1-12(23)17-11-22-8-6-13(17)9-19(22)20(24)15-5-7-21-18-4-3-14(25-2)10-16(15)18/h3-5,7,10,12-13,17,19-20,23-24H,6,8-9,11H2,1-2H3/t12-,13+,17-,19-,20?/m1/s1.